The minimum absolute atomic E-state index is 0.174. The van der Waals surface area contributed by atoms with Crippen molar-refractivity contribution in [3.8, 4) is 0 Å². The first kappa shape index (κ1) is 17.8. The van der Waals surface area contributed by atoms with E-state index in [2.05, 4.69) is 4.98 Å². The molecule has 0 fully saturated rings. The number of hydrogen-bond donors (Lipinski definition) is 0. The molecule has 0 atom stereocenters. The highest BCUT2D eigenvalue weighted by atomic mass is 35.5. The van der Waals surface area contributed by atoms with E-state index in [1.807, 2.05) is 0 Å². The predicted octanol–water partition coefficient (Wildman–Crippen LogP) is 4.79. The van der Waals surface area contributed by atoms with Crippen LogP contribution in [0.25, 0.3) is 10.9 Å². The molecule has 1 aromatic carbocycles. The molecule has 8 heteroatoms. The van der Waals surface area contributed by atoms with Gasteiger partial charge in [0, 0.05) is 10.4 Å². The summed E-state index contributed by atoms with van der Waals surface area (Å²) in [6.45, 7) is 0. The van der Waals surface area contributed by atoms with Crippen LogP contribution in [0.3, 0.4) is 0 Å². The van der Waals surface area contributed by atoms with Crippen molar-refractivity contribution in [2.75, 3.05) is 0 Å². The van der Waals surface area contributed by atoms with Gasteiger partial charge in [0.1, 0.15) is 18.2 Å². The quantitative estimate of drug-likeness (QED) is 0.353. The highest BCUT2D eigenvalue weighted by molar-refractivity contribution is 6.31. The third-order valence-electron chi connectivity index (χ3n) is 3.86. The molecule has 4 rings (SSSR count). The minimum atomic E-state index is -1.38. The number of pyridine rings is 1. The third-order valence-corrected chi connectivity index (χ3v) is 4.09. The average Bonchev–Trinajstić information content (AvgIpc) is 3.40. The summed E-state index contributed by atoms with van der Waals surface area (Å²) < 4.78 is 20.5. The van der Waals surface area contributed by atoms with Crippen LogP contribution in [-0.2, 0) is 9.47 Å². The van der Waals surface area contributed by atoms with Crippen LogP contribution in [0.2, 0.25) is 5.02 Å². The van der Waals surface area contributed by atoms with Gasteiger partial charge in [0.25, 0.3) is 6.29 Å². The third kappa shape index (κ3) is 3.74. The van der Waals surface area contributed by atoms with Gasteiger partial charge >= 0.3 is 11.9 Å². The van der Waals surface area contributed by atoms with Gasteiger partial charge in [-0.1, -0.05) is 23.7 Å². The first-order valence-corrected chi connectivity index (χ1v) is 8.50. The Labute approximate surface area is 163 Å². The van der Waals surface area contributed by atoms with Crippen LogP contribution in [0.15, 0.2) is 76.4 Å². The van der Waals surface area contributed by atoms with Crippen molar-refractivity contribution in [2.24, 2.45) is 0 Å². The van der Waals surface area contributed by atoms with Gasteiger partial charge in [-0.05, 0) is 30.3 Å². The van der Waals surface area contributed by atoms with Crippen molar-refractivity contribution in [3.05, 3.63) is 89.4 Å². The fourth-order valence-electron chi connectivity index (χ4n) is 2.47. The van der Waals surface area contributed by atoms with Crippen molar-refractivity contribution in [1.82, 2.24) is 4.98 Å². The van der Waals surface area contributed by atoms with E-state index >= 15 is 0 Å². The van der Waals surface area contributed by atoms with E-state index in [1.165, 1.54) is 37.2 Å². The Hall–Kier alpha value is -3.58. The normalized spacial score (nSPS) is 10.9. The van der Waals surface area contributed by atoms with E-state index in [9.17, 15) is 9.59 Å². The van der Waals surface area contributed by atoms with Gasteiger partial charge in [-0.2, -0.15) is 0 Å². The Balaban J connectivity index is 1.67. The van der Waals surface area contributed by atoms with Gasteiger partial charge in [0.15, 0.2) is 0 Å². The molecule has 0 unspecified atom stereocenters. The number of hydrogen-bond acceptors (Lipinski definition) is 7. The monoisotopic (exact) mass is 397 g/mol. The van der Waals surface area contributed by atoms with E-state index in [1.54, 1.807) is 30.3 Å². The highest BCUT2D eigenvalue weighted by Gasteiger charge is 2.25. The summed E-state index contributed by atoms with van der Waals surface area (Å²) in [5.41, 5.74) is 1.14. The van der Waals surface area contributed by atoms with Crippen molar-refractivity contribution in [3.63, 3.8) is 0 Å². The van der Waals surface area contributed by atoms with Gasteiger partial charge in [-0.25, -0.2) is 14.6 Å². The summed E-state index contributed by atoms with van der Waals surface area (Å²) in [4.78, 5) is 29.1. The zero-order valence-corrected chi connectivity index (χ0v) is 15.0. The van der Waals surface area contributed by atoms with Gasteiger partial charge in [-0.3, -0.25) is 0 Å². The first-order chi connectivity index (χ1) is 13.6. The largest absolute Gasteiger partial charge is 0.472 e. The number of furan rings is 2. The summed E-state index contributed by atoms with van der Waals surface area (Å²) in [7, 11) is 0. The molecular weight excluding hydrogens is 386 g/mol. The topological polar surface area (TPSA) is 91.8 Å². The predicted molar refractivity (Wildman–Crippen MR) is 97.7 cm³/mol. The molecule has 3 heterocycles. The van der Waals surface area contributed by atoms with Crippen molar-refractivity contribution >= 4 is 34.4 Å². The Morgan fingerprint density at radius 2 is 1.50 bits per heavy atom. The molecule has 0 N–H and O–H groups in total. The lowest BCUT2D eigenvalue weighted by molar-refractivity contribution is -0.0843. The molecule has 0 aliphatic carbocycles. The molecular formula is C20H12ClNO6. The van der Waals surface area contributed by atoms with E-state index in [0.29, 0.717) is 10.5 Å². The summed E-state index contributed by atoms with van der Waals surface area (Å²) in [5, 5.41) is 1.33. The molecule has 0 spiro atoms. The average molecular weight is 398 g/mol. The summed E-state index contributed by atoms with van der Waals surface area (Å²) in [6.07, 6.45) is 3.74. The second kappa shape index (κ2) is 7.58. The highest BCUT2D eigenvalue weighted by Crippen LogP contribution is 2.25. The van der Waals surface area contributed by atoms with E-state index in [-0.39, 0.29) is 16.8 Å². The second-order valence-electron chi connectivity index (χ2n) is 5.74. The summed E-state index contributed by atoms with van der Waals surface area (Å²) >= 11 is 6.02. The van der Waals surface area contributed by atoms with Gasteiger partial charge in [0.05, 0.1) is 29.2 Å². The number of aromatic nitrogens is 1. The first-order valence-electron chi connectivity index (χ1n) is 8.13. The van der Waals surface area contributed by atoms with Crippen molar-refractivity contribution in [2.45, 2.75) is 6.29 Å². The zero-order valence-electron chi connectivity index (χ0n) is 14.2. The lowest BCUT2D eigenvalue weighted by Gasteiger charge is -2.17. The standard InChI is InChI=1S/C20H12ClNO6/c21-15-3-1-12-2-4-16(22-17(12)9-15)20(27-18(23)13-5-7-25-10-13)28-19(24)14-6-8-26-11-14/h1-11,20H. The van der Waals surface area contributed by atoms with Crippen LogP contribution in [-0.4, -0.2) is 16.9 Å². The van der Waals surface area contributed by atoms with Crippen molar-refractivity contribution in [1.29, 1.82) is 0 Å². The maximum Gasteiger partial charge on any atom is 0.344 e. The van der Waals surface area contributed by atoms with Crippen LogP contribution < -0.4 is 0 Å². The molecule has 3 aromatic heterocycles. The maximum absolute atomic E-state index is 12.3. The second-order valence-corrected chi connectivity index (χ2v) is 6.18. The van der Waals surface area contributed by atoms with Gasteiger partial charge in [-0.15, -0.1) is 0 Å². The number of nitrogens with zero attached hydrogens (tertiary/aromatic N) is 1. The molecule has 0 saturated carbocycles. The molecule has 28 heavy (non-hydrogen) atoms. The Bertz CT molecular complexity index is 1070. The fraction of sp³-hybridized carbons (Fsp3) is 0.0500. The molecule has 0 bridgehead atoms. The number of carbonyl (C=O) groups excluding carboxylic acids is 2. The van der Waals surface area contributed by atoms with E-state index in [0.717, 1.165) is 5.39 Å². The number of carbonyl (C=O) groups is 2. The summed E-state index contributed by atoms with van der Waals surface area (Å²) in [6, 6.07) is 11.4. The minimum Gasteiger partial charge on any atom is -0.472 e. The molecule has 7 nitrogen and oxygen atoms in total. The van der Waals surface area contributed by atoms with Gasteiger partial charge in [0.2, 0.25) is 0 Å². The Kier molecular flexibility index (Phi) is 4.82. The Morgan fingerprint density at radius 3 is 2.07 bits per heavy atom. The van der Waals surface area contributed by atoms with Crippen LogP contribution >= 0.6 is 11.6 Å². The zero-order chi connectivity index (χ0) is 19.5. The van der Waals surface area contributed by atoms with Crippen LogP contribution in [0.5, 0.6) is 0 Å². The molecule has 140 valence electrons. The Morgan fingerprint density at radius 1 is 0.893 bits per heavy atom. The number of ether oxygens (including phenoxy) is 2. The lowest BCUT2D eigenvalue weighted by atomic mass is 10.2. The number of halogens is 1. The number of rotatable bonds is 5. The SMILES string of the molecule is O=C(OC(OC(=O)c1ccoc1)c1ccc2ccc(Cl)cc2n1)c1ccoc1. The van der Waals surface area contributed by atoms with Crippen molar-refractivity contribution < 1.29 is 27.9 Å². The number of esters is 2. The molecule has 4 aromatic rings. The van der Waals surface area contributed by atoms with Crippen LogP contribution in [0.1, 0.15) is 32.7 Å². The molecule has 0 aliphatic heterocycles. The summed E-state index contributed by atoms with van der Waals surface area (Å²) in [5.74, 6) is -1.46. The lowest BCUT2D eigenvalue weighted by Crippen LogP contribution is -2.19. The van der Waals surface area contributed by atoms with Crippen LogP contribution in [0.4, 0.5) is 0 Å². The number of fused-ring (bicyclic) bond motifs is 1. The molecule has 0 aliphatic rings. The number of benzene rings is 1. The molecule has 0 radical (unpaired) electrons. The molecule has 0 amide bonds. The fourth-order valence-corrected chi connectivity index (χ4v) is 2.64. The smallest absolute Gasteiger partial charge is 0.344 e. The molecule has 0 saturated heterocycles. The van der Waals surface area contributed by atoms with Gasteiger partial charge < -0.3 is 18.3 Å². The maximum atomic E-state index is 12.3. The van der Waals surface area contributed by atoms with Crippen LogP contribution in [0, 0.1) is 0 Å². The van der Waals surface area contributed by atoms with E-state index in [4.69, 9.17) is 29.9 Å². The van der Waals surface area contributed by atoms with E-state index < -0.39 is 18.2 Å².